The Bertz CT molecular complexity index is 1230. The van der Waals surface area contributed by atoms with Crippen LogP contribution in [0.15, 0.2) is 66.7 Å². The second-order valence-corrected chi connectivity index (χ2v) is 9.54. The molecule has 36 heavy (non-hydrogen) atoms. The van der Waals surface area contributed by atoms with Crippen molar-refractivity contribution in [3.05, 3.63) is 83.4 Å². The first kappa shape index (κ1) is 24.0. The van der Waals surface area contributed by atoms with Crippen molar-refractivity contribution in [3.8, 4) is 17.2 Å². The summed E-state index contributed by atoms with van der Waals surface area (Å²) in [7, 11) is 3.34. The summed E-state index contributed by atoms with van der Waals surface area (Å²) in [5, 5.41) is 0. The minimum absolute atomic E-state index is 0.118. The Morgan fingerprint density at radius 3 is 2.36 bits per heavy atom. The van der Waals surface area contributed by atoms with E-state index in [0.717, 1.165) is 52.5 Å². The lowest BCUT2D eigenvalue weighted by Crippen LogP contribution is -2.24. The third kappa shape index (κ3) is 5.40. The lowest BCUT2D eigenvalue weighted by molar-refractivity contribution is -0.117. The molecule has 3 aromatic rings. The first-order chi connectivity index (χ1) is 17.6. The van der Waals surface area contributed by atoms with E-state index in [4.69, 9.17) is 14.2 Å². The number of hydrogen-bond acceptors (Lipinski definition) is 4. The van der Waals surface area contributed by atoms with Crippen LogP contribution in [-0.4, -0.2) is 32.8 Å². The van der Waals surface area contributed by atoms with Gasteiger partial charge in [0.15, 0.2) is 11.5 Å². The molecule has 1 aliphatic carbocycles. The SMILES string of the molecule is COc1ccc(/C=C/c2cccc(N3CC(c4ccc(OC)c(OC5CCCC5)c4)CC3=O)c2)cc1. The molecule has 1 unspecified atom stereocenters. The summed E-state index contributed by atoms with van der Waals surface area (Å²) >= 11 is 0. The lowest BCUT2D eigenvalue weighted by Gasteiger charge is -2.19. The summed E-state index contributed by atoms with van der Waals surface area (Å²) in [5.41, 5.74) is 4.19. The fraction of sp³-hybridized carbons (Fsp3) is 0.323. The molecule has 5 nitrogen and oxygen atoms in total. The lowest BCUT2D eigenvalue weighted by atomic mass is 9.98. The van der Waals surface area contributed by atoms with Gasteiger partial charge in [-0.1, -0.05) is 42.5 Å². The number of nitrogens with zero attached hydrogens (tertiary/aromatic N) is 1. The van der Waals surface area contributed by atoms with Crippen molar-refractivity contribution in [1.82, 2.24) is 0 Å². The van der Waals surface area contributed by atoms with Crippen LogP contribution >= 0.6 is 0 Å². The van der Waals surface area contributed by atoms with Gasteiger partial charge in [0.1, 0.15) is 5.75 Å². The van der Waals surface area contributed by atoms with Crippen LogP contribution in [0.1, 0.15) is 54.7 Å². The van der Waals surface area contributed by atoms with E-state index in [9.17, 15) is 4.79 Å². The zero-order chi connectivity index (χ0) is 24.9. The highest BCUT2D eigenvalue weighted by Crippen LogP contribution is 2.38. The van der Waals surface area contributed by atoms with Gasteiger partial charge in [0.05, 0.1) is 20.3 Å². The number of hydrogen-bond donors (Lipinski definition) is 0. The first-order valence-electron chi connectivity index (χ1n) is 12.7. The quantitative estimate of drug-likeness (QED) is 0.334. The van der Waals surface area contributed by atoms with E-state index in [1.54, 1.807) is 14.2 Å². The van der Waals surface area contributed by atoms with Gasteiger partial charge in [-0.05, 0) is 78.8 Å². The molecule has 1 saturated carbocycles. The van der Waals surface area contributed by atoms with E-state index < -0.39 is 0 Å². The van der Waals surface area contributed by atoms with Gasteiger partial charge in [-0.3, -0.25) is 4.79 Å². The van der Waals surface area contributed by atoms with Crippen molar-refractivity contribution in [2.45, 2.75) is 44.1 Å². The average molecular weight is 484 g/mol. The molecule has 0 spiro atoms. The number of ether oxygens (including phenoxy) is 3. The molecular weight excluding hydrogens is 450 g/mol. The zero-order valence-corrected chi connectivity index (χ0v) is 21.0. The van der Waals surface area contributed by atoms with Crippen LogP contribution in [0.2, 0.25) is 0 Å². The molecule has 0 N–H and O–H groups in total. The first-order valence-corrected chi connectivity index (χ1v) is 12.7. The topological polar surface area (TPSA) is 48.0 Å². The zero-order valence-electron chi connectivity index (χ0n) is 21.0. The highest BCUT2D eigenvalue weighted by molar-refractivity contribution is 5.97. The molecule has 5 heteroatoms. The minimum atomic E-state index is 0.118. The van der Waals surface area contributed by atoms with E-state index in [1.165, 1.54) is 12.8 Å². The van der Waals surface area contributed by atoms with Crippen LogP contribution in [0, 0.1) is 0 Å². The second-order valence-electron chi connectivity index (χ2n) is 9.54. The number of carbonyl (C=O) groups is 1. The molecule has 0 bridgehead atoms. The highest BCUT2D eigenvalue weighted by Gasteiger charge is 2.32. The van der Waals surface area contributed by atoms with Crippen LogP contribution in [0.5, 0.6) is 17.2 Å². The number of carbonyl (C=O) groups excluding carboxylic acids is 1. The van der Waals surface area contributed by atoms with Crippen molar-refractivity contribution in [1.29, 1.82) is 0 Å². The molecule has 1 amide bonds. The summed E-state index contributed by atoms with van der Waals surface area (Å²) in [6, 6.07) is 22.2. The Morgan fingerprint density at radius 1 is 0.833 bits per heavy atom. The minimum Gasteiger partial charge on any atom is -0.497 e. The molecule has 1 aliphatic heterocycles. The molecule has 1 atom stereocenters. The Labute approximate surface area is 213 Å². The molecule has 5 rings (SSSR count). The van der Waals surface area contributed by atoms with E-state index in [0.29, 0.717) is 13.0 Å². The van der Waals surface area contributed by atoms with Gasteiger partial charge in [-0.2, -0.15) is 0 Å². The van der Waals surface area contributed by atoms with Crippen LogP contribution in [0.25, 0.3) is 12.2 Å². The van der Waals surface area contributed by atoms with Gasteiger partial charge in [0.25, 0.3) is 0 Å². The van der Waals surface area contributed by atoms with Crippen LogP contribution in [-0.2, 0) is 4.79 Å². The third-order valence-corrected chi connectivity index (χ3v) is 7.15. The summed E-state index contributed by atoms with van der Waals surface area (Å²) in [6.45, 7) is 0.652. The van der Waals surface area contributed by atoms with Gasteiger partial charge < -0.3 is 19.1 Å². The Morgan fingerprint density at radius 2 is 1.61 bits per heavy atom. The summed E-state index contributed by atoms with van der Waals surface area (Å²) < 4.78 is 17.1. The smallest absolute Gasteiger partial charge is 0.227 e. The van der Waals surface area contributed by atoms with Crippen LogP contribution < -0.4 is 19.1 Å². The number of benzene rings is 3. The van der Waals surface area contributed by atoms with E-state index in [1.807, 2.05) is 47.4 Å². The summed E-state index contributed by atoms with van der Waals surface area (Å²) in [5.74, 6) is 2.64. The highest BCUT2D eigenvalue weighted by atomic mass is 16.5. The molecule has 186 valence electrons. The van der Waals surface area contributed by atoms with Crippen molar-refractivity contribution in [2.75, 3.05) is 25.7 Å². The molecule has 1 saturated heterocycles. The normalized spacial score (nSPS) is 18.2. The summed E-state index contributed by atoms with van der Waals surface area (Å²) in [6.07, 6.45) is 9.49. The van der Waals surface area contributed by atoms with Crippen molar-refractivity contribution >= 4 is 23.7 Å². The molecule has 0 aromatic heterocycles. The fourth-order valence-electron chi connectivity index (χ4n) is 5.11. The van der Waals surface area contributed by atoms with E-state index in [2.05, 4.69) is 36.4 Å². The van der Waals surface area contributed by atoms with Gasteiger partial charge in [-0.25, -0.2) is 0 Å². The molecule has 1 heterocycles. The number of anilines is 1. The predicted octanol–water partition coefficient (Wildman–Crippen LogP) is 6.72. The van der Waals surface area contributed by atoms with Crippen molar-refractivity contribution in [2.24, 2.45) is 0 Å². The van der Waals surface area contributed by atoms with E-state index in [-0.39, 0.29) is 17.9 Å². The largest absolute Gasteiger partial charge is 0.497 e. The molecule has 2 fully saturated rings. The molecular formula is C31H33NO4. The van der Waals surface area contributed by atoms with Gasteiger partial charge in [-0.15, -0.1) is 0 Å². The van der Waals surface area contributed by atoms with E-state index >= 15 is 0 Å². The van der Waals surface area contributed by atoms with Gasteiger partial charge in [0.2, 0.25) is 5.91 Å². The Balaban J connectivity index is 1.30. The average Bonchev–Trinajstić information content (AvgIpc) is 3.57. The molecule has 3 aromatic carbocycles. The predicted molar refractivity (Wildman–Crippen MR) is 144 cm³/mol. The number of amides is 1. The standard InChI is InChI=1S/C31H33NO4/c1-34-27-15-12-22(13-16-27)10-11-23-6-5-7-26(18-23)32-21-25(20-31(32)33)24-14-17-29(35-2)30(19-24)36-28-8-3-4-9-28/h5-7,10-19,25,28H,3-4,8-9,20-21H2,1-2H3/b11-10+. The Hall–Kier alpha value is -3.73. The molecule has 0 radical (unpaired) electrons. The van der Waals surface area contributed by atoms with Crippen LogP contribution in [0.4, 0.5) is 5.69 Å². The maximum absolute atomic E-state index is 13.0. The third-order valence-electron chi connectivity index (χ3n) is 7.15. The van der Waals surface area contributed by atoms with Gasteiger partial charge >= 0.3 is 0 Å². The summed E-state index contributed by atoms with van der Waals surface area (Å²) in [4.78, 5) is 14.9. The van der Waals surface area contributed by atoms with Crippen molar-refractivity contribution in [3.63, 3.8) is 0 Å². The van der Waals surface area contributed by atoms with Gasteiger partial charge in [0, 0.05) is 24.6 Å². The number of methoxy groups -OCH3 is 2. The monoisotopic (exact) mass is 483 g/mol. The number of rotatable bonds is 8. The fourth-order valence-corrected chi connectivity index (χ4v) is 5.11. The van der Waals surface area contributed by atoms with Crippen LogP contribution in [0.3, 0.4) is 0 Å². The maximum atomic E-state index is 13.0. The maximum Gasteiger partial charge on any atom is 0.227 e. The Kier molecular flexibility index (Phi) is 7.26. The van der Waals surface area contributed by atoms with Crippen molar-refractivity contribution < 1.29 is 19.0 Å². The molecule has 2 aliphatic rings. The second kappa shape index (κ2) is 10.9.